The number of aromatic amines is 1. The Bertz CT molecular complexity index is 637. The van der Waals surface area contributed by atoms with Crippen LogP contribution in [-0.4, -0.2) is 57.1 Å². The van der Waals surface area contributed by atoms with Crippen molar-refractivity contribution in [1.82, 2.24) is 24.8 Å². The van der Waals surface area contributed by atoms with Crippen LogP contribution in [0, 0.1) is 0 Å². The Labute approximate surface area is 117 Å². The van der Waals surface area contributed by atoms with E-state index in [2.05, 4.69) is 36.8 Å². The molecule has 2 saturated heterocycles. The summed E-state index contributed by atoms with van der Waals surface area (Å²) in [6.45, 7) is 2.01. The lowest BCUT2D eigenvalue weighted by Crippen LogP contribution is -2.37. The van der Waals surface area contributed by atoms with E-state index in [0.29, 0.717) is 23.7 Å². The van der Waals surface area contributed by atoms with Gasteiger partial charge in [-0.15, -0.1) is 0 Å². The van der Waals surface area contributed by atoms with Crippen LogP contribution in [0.15, 0.2) is 6.33 Å². The predicted molar refractivity (Wildman–Crippen MR) is 77.5 cm³/mol. The first-order valence-electron chi connectivity index (χ1n) is 7.16. The van der Waals surface area contributed by atoms with E-state index in [1.165, 1.54) is 19.3 Å². The van der Waals surface area contributed by atoms with Crippen molar-refractivity contribution in [2.45, 2.75) is 31.3 Å². The average molecular weight is 273 g/mol. The number of H-pyrrole nitrogens is 1. The zero-order valence-electron chi connectivity index (χ0n) is 11.6. The molecule has 7 nitrogen and oxygen atoms in total. The number of hydrogen-bond acceptors (Lipinski definition) is 6. The molecule has 2 aromatic heterocycles. The second kappa shape index (κ2) is 4.31. The second-order valence-corrected chi connectivity index (χ2v) is 5.79. The highest BCUT2D eigenvalue weighted by Gasteiger charge is 2.35. The first-order valence-corrected chi connectivity index (χ1v) is 7.16. The predicted octanol–water partition coefficient (Wildman–Crippen LogP) is 0.608. The Morgan fingerprint density at radius 1 is 1.25 bits per heavy atom. The van der Waals surface area contributed by atoms with Gasteiger partial charge in [-0.3, -0.25) is 4.90 Å². The summed E-state index contributed by atoms with van der Waals surface area (Å²) < 4.78 is 0. The Kier molecular flexibility index (Phi) is 2.56. The molecule has 2 fully saturated rings. The number of nitrogen functional groups attached to an aromatic ring is 1. The molecular formula is C13H19N7. The summed E-state index contributed by atoms with van der Waals surface area (Å²) in [6, 6.07) is 1.32. The maximum Gasteiger partial charge on any atom is 0.224 e. The summed E-state index contributed by atoms with van der Waals surface area (Å²) in [5.74, 6) is 1.19. The number of rotatable bonds is 1. The van der Waals surface area contributed by atoms with E-state index in [-0.39, 0.29) is 0 Å². The van der Waals surface area contributed by atoms with Crippen LogP contribution >= 0.6 is 0 Å². The number of nitrogens with two attached hydrogens (primary N) is 1. The SMILES string of the molecule is CN1C2CCC1CN(c1nc(N)nc3nc[nH]c13)CC2. The number of anilines is 2. The molecule has 2 aliphatic rings. The molecule has 0 aromatic carbocycles. The molecule has 20 heavy (non-hydrogen) atoms. The van der Waals surface area contributed by atoms with Gasteiger partial charge in [0.05, 0.1) is 6.33 Å². The summed E-state index contributed by atoms with van der Waals surface area (Å²) in [5, 5.41) is 0. The largest absolute Gasteiger partial charge is 0.368 e. The van der Waals surface area contributed by atoms with E-state index in [4.69, 9.17) is 5.73 Å². The maximum atomic E-state index is 5.82. The quantitative estimate of drug-likeness (QED) is 0.791. The Morgan fingerprint density at radius 2 is 2.10 bits per heavy atom. The number of hydrogen-bond donors (Lipinski definition) is 2. The molecule has 2 aromatic rings. The molecule has 2 unspecified atom stereocenters. The van der Waals surface area contributed by atoms with E-state index < -0.39 is 0 Å². The smallest absolute Gasteiger partial charge is 0.224 e. The lowest BCUT2D eigenvalue weighted by atomic mass is 10.1. The van der Waals surface area contributed by atoms with Crippen LogP contribution in [-0.2, 0) is 0 Å². The first kappa shape index (κ1) is 11.9. The highest BCUT2D eigenvalue weighted by atomic mass is 15.3. The van der Waals surface area contributed by atoms with Crippen molar-refractivity contribution >= 4 is 22.9 Å². The summed E-state index contributed by atoms with van der Waals surface area (Å²) in [5.41, 5.74) is 7.36. The number of likely N-dealkylation sites (N-methyl/N-ethyl adjacent to an activating group) is 1. The zero-order valence-corrected chi connectivity index (χ0v) is 11.6. The standard InChI is InChI=1S/C13H19N7/c1-19-8-2-3-9(19)6-20(5-4-8)12-10-11(16-7-15-10)17-13(14)18-12/h7-9H,2-6H2,1H3,(H3,14,15,16,17,18). The molecule has 0 aliphatic carbocycles. The van der Waals surface area contributed by atoms with Crippen LogP contribution in [0.1, 0.15) is 19.3 Å². The van der Waals surface area contributed by atoms with Crippen molar-refractivity contribution in [2.75, 3.05) is 30.8 Å². The molecular weight excluding hydrogens is 254 g/mol. The van der Waals surface area contributed by atoms with E-state index in [1.54, 1.807) is 6.33 Å². The van der Waals surface area contributed by atoms with Gasteiger partial charge in [0.2, 0.25) is 5.95 Å². The van der Waals surface area contributed by atoms with E-state index in [0.717, 1.165) is 24.4 Å². The fraction of sp³-hybridized carbons (Fsp3) is 0.615. The Hall–Kier alpha value is -1.89. The van der Waals surface area contributed by atoms with Gasteiger partial charge in [0.25, 0.3) is 0 Å². The average Bonchev–Trinajstić information content (AvgIpc) is 2.94. The van der Waals surface area contributed by atoms with Gasteiger partial charge in [-0.25, -0.2) is 4.98 Å². The van der Waals surface area contributed by atoms with Crippen LogP contribution in [0.3, 0.4) is 0 Å². The number of aromatic nitrogens is 4. The van der Waals surface area contributed by atoms with Gasteiger partial charge in [0.15, 0.2) is 11.5 Å². The normalized spacial score (nSPS) is 27.1. The van der Waals surface area contributed by atoms with Gasteiger partial charge in [0.1, 0.15) is 5.52 Å². The molecule has 0 saturated carbocycles. The van der Waals surface area contributed by atoms with Crippen molar-refractivity contribution in [3.05, 3.63) is 6.33 Å². The molecule has 7 heteroatoms. The molecule has 2 atom stereocenters. The summed E-state index contributed by atoms with van der Waals surface area (Å²) >= 11 is 0. The molecule has 2 aliphatic heterocycles. The zero-order chi connectivity index (χ0) is 13.7. The molecule has 0 amide bonds. The highest BCUT2D eigenvalue weighted by molar-refractivity contribution is 5.84. The van der Waals surface area contributed by atoms with Crippen LogP contribution in [0.5, 0.6) is 0 Å². The number of nitrogens with zero attached hydrogens (tertiary/aromatic N) is 5. The van der Waals surface area contributed by atoms with Crippen LogP contribution in [0.25, 0.3) is 11.2 Å². The van der Waals surface area contributed by atoms with Gasteiger partial charge in [0, 0.05) is 25.2 Å². The third-order valence-corrected chi connectivity index (χ3v) is 4.73. The minimum atomic E-state index is 0.294. The van der Waals surface area contributed by atoms with Crippen molar-refractivity contribution in [3.63, 3.8) is 0 Å². The van der Waals surface area contributed by atoms with Gasteiger partial charge in [-0.05, 0) is 26.3 Å². The monoisotopic (exact) mass is 273 g/mol. The lowest BCUT2D eigenvalue weighted by Gasteiger charge is -2.26. The fourth-order valence-corrected chi connectivity index (χ4v) is 3.56. The third-order valence-electron chi connectivity index (χ3n) is 4.73. The van der Waals surface area contributed by atoms with E-state index in [1.807, 2.05) is 0 Å². The van der Waals surface area contributed by atoms with E-state index in [9.17, 15) is 0 Å². The fourth-order valence-electron chi connectivity index (χ4n) is 3.56. The number of fused-ring (bicyclic) bond motifs is 3. The summed E-state index contributed by atoms with van der Waals surface area (Å²) in [4.78, 5) is 20.8. The number of imidazole rings is 1. The molecule has 3 N–H and O–H groups in total. The van der Waals surface area contributed by atoms with Gasteiger partial charge in [-0.1, -0.05) is 0 Å². The molecule has 106 valence electrons. The summed E-state index contributed by atoms with van der Waals surface area (Å²) in [7, 11) is 2.24. The minimum Gasteiger partial charge on any atom is -0.368 e. The molecule has 4 heterocycles. The van der Waals surface area contributed by atoms with Crippen LogP contribution < -0.4 is 10.6 Å². The second-order valence-electron chi connectivity index (χ2n) is 5.79. The topological polar surface area (TPSA) is 87.0 Å². The highest BCUT2D eigenvalue weighted by Crippen LogP contribution is 2.31. The third kappa shape index (κ3) is 1.73. The van der Waals surface area contributed by atoms with Crippen molar-refractivity contribution in [3.8, 4) is 0 Å². The molecule has 0 spiro atoms. The lowest BCUT2D eigenvalue weighted by molar-refractivity contribution is 0.254. The molecule has 2 bridgehead atoms. The van der Waals surface area contributed by atoms with E-state index >= 15 is 0 Å². The van der Waals surface area contributed by atoms with Crippen LogP contribution in [0.2, 0.25) is 0 Å². The van der Waals surface area contributed by atoms with Crippen molar-refractivity contribution in [1.29, 1.82) is 0 Å². The van der Waals surface area contributed by atoms with Crippen LogP contribution in [0.4, 0.5) is 11.8 Å². The first-order chi connectivity index (χ1) is 9.72. The van der Waals surface area contributed by atoms with Crippen molar-refractivity contribution < 1.29 is 0 Å². The van der Waals surface area contributed by atoms with Crippen molar-refractivity contribution in [2.24, 2.45) is 0 Å². The Balaban J connectivity index is 1.74. The van der Waals surface area contributed by atoms with Gasteiger partial charge >= 0.3 is 0 Å². The molecule has 4 rings (SSSR count). The summed E-state index contributed by atoms with van der Waals surface area (Å²) in [6.07, 6.45) is 5.41. The maximum absolute atomic E-state index is 5.82. The van der Waals surface area contributed by atoms with Gasteiger partial charge in [-0.2, -0.15) is 9.97 Å². The number of nitrogens with one attached hydrogen (secondary N) is 1. The Morgan fingerprint density at radius 3 is 3.00 bits per heavy atom. The van der Waals surface area contributed by atoms with Gasteiger partial charge < -0.3 is 15.6 Å². The molecule has 0 radical (unpaired) electrons. The minimum absolute atomic E-state index is 0.294.